The van der Waals surface area contributed by atoms with Crippen LogP contribution in [-0.2, 0) is 24.1 Å². The fourth-order valence-corrected chi connectivity index (χ4v) is 5.41. The molecule has 2 aliphatic carbocycles. The van der Waals surface area contributed by atoms with Gasteiger partial charge in [0.05, 0.1) is 23.1 Å². The average Bonchev–Trinajstić information content (AvgIpc) is 3.48. The van der Waals surface area contributed by atoms with Gasteiger partial charge in [0, 0.05) is 24.8 Å². The molecule has 6 rings (SSSR count). The van der Waals surface area contributed by atoms with Crippen LogP contribution >= 0.6 is 0 Å². The van der Waals surface area contributed by atoms with Crippen molar-refractivity contribution < 1.29 is 14.3 Å². The SMILES string of the molecule is CC(C)(C)OC(=O)n1cc2c(n1)CCC(N(C(=O)c1cccc3c1ncn3Cc1ccccc1)C1CC1)C2. The van der Waals surface area contributed by atoms with E-state index in [0.717, 1.165) is 48.0 Å². The summed E-state index contributed by atoms with van der Waals surface area (Å²) in [6.07, 6.45) is 7.39. The number of aryl methyl sites for hydroxylation is 1. The second kappa shape index (κ2) is 9.42. The van der Waals surface area contributed by atoms with Crippen LogP contribution < -0.4 is 0 Å². The van der Waals surface area contributed by atoms with Gasteiger partial charge in [-0.15, -0.1) is 0 Å². The number of ether oxygens (including phenoxy) is 1. The van der Waals surface area contributed by atoms with E-state index in [1.165, 1.54) is 10.2 Å². The maximum absolute atomic E-state index is 14.1. The first-order chi connectivity index (χ1) is 18.3. The number of hydrogen-bond acceptors (Lipinski definition) is 5. The van der Waals surface area contributed by atoms with Crippen molar-refractivity contribution >= 4 is 23.0 Å². The van der Waals surface area contributed by atoms with Crippen molar-refractivity contribution in [3.63, 3.8) is 0 Å². The van der Waals surface area contributed by atoms with Crippen molar-refractivity contribution in [3.05, 3.63) is 83.4 Å². The molecular weight excluding hydrogens is 478 g/mol. The first-order valence-corrected chi connectivity index (χ1v) is 13.4. The van der Waals surface area contributed by atoms with E-state index in [1.807, 2.05) is 63.5 Å². The molecule has 2 aromatic carbocycles. The summed E-state index contributed by atoms with van der Waals surface area (Å²) in [5.74, 6) is 0.0380. The maximum atomic E-state index is 14.1. The van der Waals surface area contributed by atoms with E-state index in [1.54, 1.807) is 6.20 Å². The highest BCUT2D eigenvalue weighted by atomic mass is 16.6. The monoisotopic (exact) mass is 511 g/mol. The molecule has 2 aliphatic rings. The van der Waals surface area contributed by atoms with Gasteiger partial charge >= 0.3 is 6.09 Å². The predicted molar refractivity (Wildman–Crippen MR) is 144 cm³/mol. The Balaban J connectivity index is 1.25. The van der Waals surface area contributed by atoms with Crippen LogP contribution in [0, 0.1) is 0 Å². The zero-order chi connectivity index (χ0) is 26.4. The molecule has 0 spiro atoms. The van der Waals surface area contributed by atoms with Gasteiger partial charge in [-0.1, -0.05) is 36.4 Å². The molecular formula is C30H33N5O3. The van der Waals surface area contributed by atoms with E-state index in [9.17, 15) is 9.59 Å². The van der Waals surface area contributed by atoms with E-state index in [-0.39, 0.29) is 18.0 Å². The smallest absolute Gasteiger partial charge is 0.435 e. The molecule has 0 aliphatic heterocycles. The molecule has 1 fully saturated rings. The van der Waals surface area contributed by atoms with Crippen LogP contribution in [0.25, 0.3) is 11.0 Å². The fourth-order valence-electron chi connectivity index (χ4n) is 5.41. The number of fused-ring (bicyclic) bond motifs is 2. The summed E-state index contributed by atoms with van der Waals surface area (Å²) in [5.41, 5.74) is 4.88. The minimum Gasteiger partial charge on any atom is -0.442 e. The Bertz CT molecular complexity index is 1490. The Hall–Kier alpha value is -3.94. The molecule has 1 amide bonds. The minimum atomic E-state index is -0.587. The summed E-state index contributed by atoms with van der Waals surface area (Å²) < 4.78 is 8.89. The predicted octanol–water partition coefficient (Wildman–Crippen LogP) is 5.23. The number of hydrogen-bond donors (Lipinski definition) is 0. The highest BCUT2D eigenvalue weighted by molar-refractivity contribution is 6.05. The second-order valence-electron chi connectivity index (χ2n) is 11.4. The van der Waals surface area contributed by atoms with Gasteiger partial charge in [0.25, 0.3) is 5.91 Å². The van der Waals surface area contributed by atoms with Gasteiger partial charge in [-0.2, -0.15) is 9.78 Å². The standard InChI is InChI=1S/C30H33N5O3/c1-30(2,3)38-29(37)34-18-21-16-23(14-15-25(21)32-34)35(22-12-13-22)28(36)24-10-7-11-26-27(24)31-19-33(26)17-20-8-5-4-6-9-20/h4-11,18-19,22-23H,12-17H2,1-3H3. The topological polar surface area (TPSA) is 82.2 Å². The molecule has 1 unspecified atom stereocenters. The first kappa shape index (κ1) is 24.4. The number of nitrogens with zero attached hydrogens (tertiary/aromatic N) is 5. The van der Waals surface area contributed by atoms with Gasteiger partial charge < -0.3 is 14.2 Å². The lowest BCUT2D eigenvalue weighted by atomic mass is 9.91. The van der Waals surface area contributed by atoms with Crippen LogP contribution in [0.3, 0.4) is 0 Å². The minimum absolute atomic E-state index is 0.0380. The maximum Gasteiger partial charge on any atom is 0.435 e. The fraction of sp³-hybridized carbons (Fsp3) is 0.400. The summed E-state index contributed by atoms with van der Waals surface area (Å²) >= 11 is 0. The lowest BCUT2D eigenvalue weighted by Gasteiger charge is -2.34. The number of rotatable bonds is 5. The molecule has 1 atom stereocenters. The third-order valence-corrected chi connectivity index (χ3v) is 7.27. The quantitative estimate of drug-likeness (QED) is 0.367. The highest BCUT2D eigenvalue weighted by Gasteiger charge is 2.40. The third-order valence-electron chi connectivity index (χ3n) is 7.27. The third kappa shape index (κ3) is 4.83. The number of amides is 1. The number of carbonyl (C=O) groups excluding carboxylic acids is 2. The molecule has 2 aromatic heterocycles. The van der Waals surface area contributed by atoms with E-state index in [0.29, 0.717) is 18.5 Å². The molecule has 196 valence electrons. The molecule has 0 radical (unpaired) electrons. The van der Waals surface area contributed by atoms with Crippen molar-refractivity contribution in [2.24, 2.45) is 0 Å². The zero-order valence-electron chi connectivity index (χ0n) is 22.1. The molecule has 1 saturated carbocycles. The van der Waals surface area contributed by atoms with Gasteiger partial charge in [-0.25, -0.2) is 9.78 Å². The largest absolute Gasteiger partial charge is 0.442 e. The summed E-state index contributed by atoms with van der Waals surface area (Å²) in [7, 11) is 0. The average molecular weight is 512 g/mol. The van der Waals surface area contributed by atoms with Crippen LogP contribution in [0.15, 0.2) is 61.1 Å². The lowest BCUT2D eigenvalue weighted by Crippen LogP contribution is -2.45. The van der Waals surface area contributed by atoms with Gasteiger partial charge in [-0.05, 0) is 76.1 Å². The molecule has 0 bridgehead atoms. The Labute approximate surface area is 222 Å². The van der Waals surface area contributed by atoms with Crippen LogP contribution in [0.1, 0.15) is 67.2 Å². The van der Waals surface area contributed by atoms with Crippen molar-refractivity contribution in [3.8, 4) is 0 Å². The Morgan fingerprint density at radius 3 is 2.55 bits per heavy atom. The number of benzene rings is 2. The molecule has 0 N–H and O–H groups in total. The number of aromatic nitrogens is 4. The Morgan fingerprint density at radius 1 is 1.03 bits per heavy atom. The number of imidazole rings is 1. The van der Waals surface area contributed by atoms with Crippen LogP contribution in [0.2, 0.25) is 0 Å². The van der Waals surface area contributed by atoms with Crippen molar-refractivity contribution in [2.75, 3.05) is 0 Å². The Kier molecular flexibility index (Phi) is 6.05. The summed E-state index contributed by atoms with van der Waals surface area (Å²) in [5, 5.41) is 4.50. The van der Waals surface area contributed by atoms with E-state index >= 15 is 0 Å². The van der Waals surface area contributed by atoms with Crippen molar-refractivity contribution in [1.29, 1.82) is 0 Å². The van der Waals surface area contributed by atoms with Crippen LogP contribution in [0.4, 0.5) is 4.79 Å². The van der Waals surface area contributed by atoms with Gasteiger partial charge in [0.15, 0.2) is 0 Å². The van der Waals surface area contributed by atoms with Crippen LogP contribution in [0.5, 0.6) is 0 Å². The molecule has 38 heavy (non-hydrogen) atoms. The molecule has 4 aromatic rings. The second-order valence-corrected chi connectivity index (χ2v) is 11.4. The van der Waals surface area contributed by atoms with E-state index in [2.05, 4.69) is 31.7 Å². The lowest BCUT2D eigenvalue weighted by molar-refractivity contribution is 0.0513. The van der Waals surface area contributed by atoms with Crippen LogP contribution in [-0.4, -0.2) is 53.9 Å². The summed E-state index contributed by atoms with van der Waals surface area (Å²) in [6, 6.07) is 16.4. The Morgan fingerprint density at radius 2 is 1.82 bits per heavy atom. The number of para-hydroxylation sites is 1. The van der Waals surface area contributed by atoms with Crippen molar-refractivity contribution in [2.45, 2.75) is 77.1 Å². The molecule has 0 saturated heterocycles. The van der Waals surface area contributed by atoms with Gasteiger partial charge in [0.1, 0.15) is 11.1 Å². The summed E-state index contributed by atoms with van der Waals surface area (Å²) in [4.78, 5) is 33.4. The zero-order valence-corrected chi connectivity index (χ0v) is 22.1. The molecule has 8 nitrogen and oxygen atoms in total. The highest BCUT2D eigenvalue weighted by Crippen LogP contribution is 2.35. The first-order valence-electron chi connectivity index (χ1n) is 13.4. The van der Waals surface area contributed by atoms with Crippen molar-refractivity contribution in [1.82, 2.24) is 24.2 Å². The molecule has 8 heteroatoms. The van der Waals surface area contributed by atoms with Gasteiger partial charge in [-0.3, -0.25) is 4.79 Å². The van der Waals surface area contributed by atoms with Gasteiger partial charge in [0.2, 0.25) is 0 Å². The van der Waals surface area contributed by atoms with E-state index < -0.39 is 11.7 Å². The summed E-state index contributed by atoms with van der Waals surface area (Å²) in [6.45, 7) is 6.23. The number of carbonyl (C=O) groups is 2. The molecule has 2 heterocycles. The normalized spacial score (nSPS) is 17.3. The van der Waals surface area contributed by atoms with E-state index in [4.69, 9.17) is 4.74 Å².